The largest absolute Gasteiger partial charge is 0.327 e. The summed E-state index contributed by atoms with van der Waals surface area (Å²) in [5, 5.41) is 3.35. The molecule has 1 aliphatic carbocycles. The van der Waals surface area contributed by atoms with E-state index in [1.54, 1.807) is 11.3 Å². The molecule has 4 heteroatoms. The molecule has 1 aromatic carbocycles. The van der Waals surface area contributed by atoms with Crippen molar-refractivity contribution in [1.29, 1.82) is 0 Å². The number of hydrogen-bond acceptors (Lipinski definition) is 4. The summed E-state index contributed by atoms with van der Waals surface area (Å²) < 4.78 is 0. The summed E-state index contributed by atoms with van der Waals surface area (Å²) in [5.41, 5.74) is 10.1. The van der Waals surface area contributed by atoms with E-state index in [4.69, 9.17) is 10.7 Å². The number of nitrogens with zero attached hydrogens (tertiary/aromatic N) is 2. The Kier molecular flexibility index (Phi) is 4.22. The number of benzene rings is 1. The van der Waals surface area contributed by atoms with Gasteiger partial charge in [0.15, 0.2) is 0 Å². The Hall–Kier alpha value is -1.23. The Morgan fingerprint density at radius 3 is 2.83 bits per heavy atom. The van der Waals surface area contributed by atoms with Gasteiger partial charge in [-0.2, -0.15) is 0 Å². The van der Waals surface area contributed by atoms with Crippen LogP contribution in [0.2, 0.25) is 0 Å². The van der Waals surface area contributed by atoms with Gasteiger partial charge in [-0.15, -0.1) is 11.3 Å². The topological polar surface area (TPSA) is 42.2 Å². The summed E-state index contributed by atoms with van der Waals surface area (Å²) in [6, 6.07) is 9.06. The first kappa shape index (κ1) is 15.3. The summed E-state index contributed by atoms with van der Waals surface area (Å²) in [4.78, 5) is 7.42. The smallest absolute Gasteiger partial charge is 0.123 e. The Balaban J connectivity index is 1.43. The third-order valence-corrected chi connectivity index (χ3v) is 6.41. The van der Waals surface area contributed by atoms with Gasteiger partial charge in [0.05, 0.1) is 5.69 Å². The Bertz CT molecular complexity index is 664. The van der Waals surface area contributed by atoms with Gasteiger partial charge in [-0.1, -0.05) is 36.2 Å². The summed E-state index contributed by atoms with van der Waals surface area (Å²) in [6.45, 7) is 5.45. The third kappa shape index (κ3) is 3.21. The molecule has 0 bridgehead atoms. The van der Waals surface area contributed by atoms with Crippen molar-refractivity contribution in [3.05, 3.63) is 40.9 Å². The minimum Gasteiger partial charge on any atom is -0.327 e. The number of rotatable bonds is 3. The monoisotopic (exact) mass is 327 g/mol. The standard InChI is InChI=1S/C19H25N3S/c1-13-5-7-14(8-6-13)19-21-16(12-23-19)10-22-9-15-3-2-4-18(20)17(15)11-22/h5-8,12,15,17-18H,2-4,9-11,20H2,1H3. The van der Waals surface area contributed by atoms with Crippen LogP contribution in [0.1, 0.15) is 30.5 Å². The Morgan fingerprint density at radius 1 is 1.22 bits per heavy atom. The van der Waals surface area contributed by atoms with E-state index in [0.29, 0.717) is 12.0 Å². The van der Waals surface area contributed by atoms with E-state index in [2.05, 4.69) is 41.5 Å². The molecule has 4 rings (SSSR count). The highest BCUT2D eigenvalue weighted by atomic mass is 32.1. The van der Waals surface area contributed by atoms with Crippen molar-refractivity contribution in [2.24, 2.45) is 17.6 Å². The zero-order chi connectivity index (χ0) is 15.8. The quantitative estimate of drug-likeness (QED) is 0.935. The first-order valence-electron chi connectivity index (χ1n) is 8.68. The van der Waals surface area contributed by atoms with Crippen LogP contribution in [-0.2, 0) is 6.54 Å². The first-order valence-corrected chi connectivity index (χ1v) is 9.56. The van der Waals surface area contributed by atoms with Gasteiger partial charge in [0.25, 0.3) is 0 Å². The zero-order valence-corrected chi connectivity index (χ0v) is 14.6. The summed E-state index contributed by atoms with van der Waals surface area (Å²) >= 11 is 1.76. The highest BCUT2D eigenvalue weighted by molar-refractivity contribution is 7.13. The van der Waals surface area contributed by atoms with Crippen molar-refractivity contribution in [2.45, 2.75) is 38.8 Å². The lowest BCUT2D eigenvalue weighted by molar-refractivity contribution is 0.259. The Labute approximate surface area is 142 Å². The average molecular weight is 327 g/mol. The number of aromatic nitrogens is 1. The van der Waals surface area contributed by atoms with Crippen molar-refractivity contribution < 1.29 is 0 Å². The molecule has 2 N–H and O–H groups in total. The SMILES string of the molecule is Cc1ccc(-c2nc(CN3CC4CCCC(N)C4C3)cs2)cc1. The van der Waals surface area contributed by atoms with E-state index in [1.165, 1.54) is 42.6 Å². The van der Waals surface area contributed by atoms with Crippen LogP contribution in [0.3, 0.4) is 0 Å². The first-order chi connectivity index (χ1) is 11.2. The lowest BCUT2D eigenvalue weighted by Crippen LogP contribution is -2.38. The molecule has 1 saturated heterocycles. The van der Waals surface area contributed by atoms with Crippen LogP contribution in [0.5, 0.6) is 0 Å². The molecule has 1 aliphatic heterocycles. The number of aryl methyl sites for hydroxylation is 1. The number of thiazole rings is 1. The molecule has 23 heavy (non-hydrogen) atoms. The predicted molar refractivity (Wildman–Crippen MR) is 96.4 cm³/mol. The molecule has 1 saturated carbocycles. The second-order valence-corrected chi connectivity index (χ2v) is 8.08. The minimum absolute atomic E-state index is 0.414. The van der Waals surface area contributed by atoms with Crippen LogP contribution in [0.25, 0.3) is 10.6 Å². The van der Waals surface area contributed by atoms with Gasteiger partial charge in [0, 0.05) is 36.6 Å². The molecule has 3 unspecified atom stereocenters. The lowest BCUT2D eigenvalue weighted by atomic mass is 9.78. The Morgan fingerprint density at radius 2 is 2.04 bits per heavy atom. The number of hydrogen-bond donors (Lipinski definition) is 1. The van der Waals surface area contributed by atoms with Crippen LogP contribution < -0.4 is 5.73 Å². The predicted octanol–water partition coefficient (Wildman–Crippen LogP) is 3.68. The molecule has 2 heterocycles. The maximum atomic E-state index is 6.33. The molecule has 2 aliphatic rings. The molecule has 122 valence electrons. The number of fused-ring (bicyclic) bond motifs is 1. The summed E-state index contributed by atoms with van der Waals surface area (Å²) in [6.07, 6.45) is 3.88. The summed E-state index contributed by atoms with van der Waals surface area (Å²) in [7, 11) is 0. The third-order valence-electron chi connectivity index (χ3n) is 5.47. The van der Waals surface area contributed by atoms with Gasteiger partial charge >= 0.3 is 0 Å². The molecule has 1 aromatic heterocycles. The van der Waals surface area contributed by atoms with E-state index < -0.39 is 0 Å². The van der Waals surface area contributed by atoms with Crippen molar-refractivity contribution >= 4 is 11.3 Å². The van der Waals surface area contributed by atoms with E-state index >= 15 is 0 Å². The molecule has 0 spiro atoms. The fraction of sp³-hybridized carbons (Fsp3) is 0.526. The van der Waals surface area contributed by atoms with E-state index in [0.717, 1.165) is 24.0 Å². The molecule has 3 atom stereocenters. The normalized spacial score (nSPS) is 28.0. The van der Waals surface area contributed by atoms with Crippen LogP contribution in [0, 0.1) is 18.8 Å². The maximum absolute atomic E-state index is 6.33. The second kappa shape index (κ2) is 6.34. The van der Waals surface area contributed by atoms with Crippen molar-refractivity contribution in [3.63, 3.8) is 0 Å². The molecule has 3 nitrogen and oxygen atoms in total. The highest BCUT2D eigenvalue weighted by Gasteiger charge is 2.38. The van der Waals surface area contributed by atoms with Crippen molar-refractivity contribution in [1.82, 2.24) is 9.88 Å². The zero-order valence-electron chi connectivity index (χ0n) is 13.7. The molecule has 2 aromatic rings. The summed E-state index contributed by atoms with van der Waals surface area (Å²) in [5.74, 6) is 1.52. The van der Waals surface area contributed by atoms with Crippen LogP contribution >= 0.6 is 11.3 Å². The van der Waals surface area contributed by atoms with Crippen LogP contribution in [0.4, 0.5) is 0 Å². The fourth-order valence-electron chi connectivity index (χ4n) is 4.18. The molecular weight excluding hydrogens is 302 g/mol. The van der Waals surface area contributed by atoms with Crippen molar-refractivity contribution in [3.8, 4) is 10.6 Å². The molecule has 0 amide bonds. The van der Waals surface area contributed by atoms with Gasteiger partial charge in [-0.3, -0.25) is 4.90 Å². The van der Waals surface area contributed by atoms with E-state index in [-0.39, 0.29) is 0 Å². The fourth-order valence-corrected chi connectivity index (χ4v) is 4.99. The minimum atomic E-state index is 0.414. The van der Waals surface area contributed by atoms with Crippen LogP contribution in [-0.4, -0.2) is 29.0 Å². The number of likely N-dealkylation sites (tertiary alicyclic amines) is 1. The van der Waals surface area contributed by atoms with Crippen LogP contribution in [0.15, 0.2) is 29.6 Å². The average Bonchev–Trinajstić information content (AvgIpc) is 3.16. The van der Waals surface area contributed by atoms with Gasteiger partial charge in [-0.05, 0) is 31.6 Å². The van der Waals surface area contributed by atoms with Gasteiger partial charge in [0.1, 0.15) is 5.01 Å². The van der Waals surface area contributed by atoms with Gasteiger partial charge in [-0.25, -0.2) is 4.98 Å². The lowest BCUT2D eigenvalue weighted by Gasteiger charge is -2.29. The van der Waals surface area contributed by atoms with Gasteiger partial charge < -0.3 is 5.73 Å². The molecule has 0 radical (unpaired) electrons. The highest BCUT2D eigenvalue weighted by Crippen LogP contribution is 2.36. The van der Waals surface area contributed by atoms with Gasteiger partial charge in [0.2, 0.25) is 0 Å². The number of nitrogens with two attached hydrogens (primary N) is 1. The molecule has 2 fully saturated rings. The second-order valence-electron chi connectivity index (χ2n) is 7.22. The molecular formula is C19H25N3S. The van der Waals surface area contributed by atoms with E-state index in [1.807, 2.05) is 0 Å². The van der Waals surface area contributed by atoms with E-state index in [9.17, 15) is 0 Å². The maximum Gasteiger partial charge on any atom is 0.123 e. The van der Waals surface area contributed by atoms with Crippen molar-refractivity contribution in [2.75, 3.05) is 13.1 Å².